The summed E-state index contributed by atoms with van der Waals surface area (Å²) in [6, 6.07) is 13.3. The zero-order valence-corrected chi connectivity index (χ0v) is 16.1. The van der Waals surface area contributed by atoms with Crippen LogP contribution in [0, 0.1) is 0 Å². The highest BCUT2D eigenvalue weighted by atomic mass is 35.5. The number of carbonyl (C=O) groups is 3. The van der Waals surface area contributed by atoms with Gasteiger partial charge in [0.25, 0.3) is 5.91 Å². The van der Waals surface area contributed by atoms with Crippen LogP contribution in [0.5, 0.6) is 0 Å². The maximum atomic E-state index is 13.0. The van der Waals surface area contributed by atoms with Gasteiger partial charge in [0, 0.05) is 21.6 Å². The molecule has 2 heterocycles. The smallest absolute Gasteiger partial charge is 0.323 e. The van der Waals surface area contributed by atoms with E-state index >= 15 is 0 Å². The summed E-state index contributed by atoms with van der Waals surface area (Å²) >= 11 is 5.99. The van der Waals surface area contributed by atoms with E-state index in [9.17, 15) is 19.5 Å². The quantitative estimate of drug-likeness (QED) is 0.614. The minimum absolute atomic E-state index is 0.307. The lowest BCUT2D eigenvalue weighted by molar-refractivity contribution is -0.136. The summed E-state index contributed by atoms with van der Waals surface area (Å²) in [7, 11) is 0. The summed E-state index contributed by atoms with van der Waals surface area (Å²) in [4.78, 5) is 41.4. The Hall–Kier alpha value is -3.32. The standard InChI is InChI=1S/C21H18ClN3O4/c22-14-6-8-15-13(9-14)10-17(23-15)20(28)24-16-7-5-12-3-1-2-4-18(12)25(21(16)29)11-19(26)27/h1-4,6,8-10,16,23H,5,7,11H2,(H,24,28)(H,26,27). The van der Waals surface area contributed by atoms with E-state index in [1.54, 1.807) is 36.4 Å². The Kier molecular flexibility index (Phi) is 4.98. The second-order valence-electron chi connectivity index (χ2n) is 6.93. The second kappa shape index (κ2) is 7.60. The van der Waals surface area contributed by atoms with Crippen LogP contribution in [0.2, 0.25) is 5.02 Å². The van der Waals surface area contributed by atoms with Crippen molar-refractivity contribution in [3.05, 3.63) is 64.8 Å². The summed E-state index contributed by atoms with van der Waals surface area (Å²) in [5, 5.41) is 13.4. The van der Waals surface area contributed by atoms with Crippen molar-refractivity contribution in [2.45, 2.75) is 18.9 Å². The second-order valence-corrected chi connectivity index (χ2v) is 7.36. The highest BCUT2D eigenvalue weighted by molar-refractivity contribution is 6.31. The summed E-state index contributed by atoms with van der Waals surface area (Å²) < 4.78 is 0. The lowest BCUT2D eigenvalue weighted by Gasteiger charge is -2.24. The first-order valence-corrected chi connectivity index (χ1v) is 9.50. The van der Waals surface area contributed by atoms with E-state index in [0.29, 0.717) is 29.2 Å². The number of carbonyl (C=O) groups excluding carboxylic acids is 2. The predicted octanol–water partition coefficient (Wildman–Crippen LogP) is 2.98. The van der Waals surface area contributed by atoms with Gasteiger partial charge in [-0.1, -0.05) is 29.8 Å². The third-order valence-corrected chi connectivity index (χ3v) is 5.21. The number of rotatable bonds is 4. The zero-order chi connectivity index (χ0) is 20.5. The Balaban J connectivity index is 1.60. The number of nitrogens with zero attached hydrogens (tertiary/aromatic N) is 1. The Morgan fingerprint density at radius 1 is 1.21 bits per heavy atom. The van der Waals surface area contributed by atoms with Gasteiger partial charge in [0.05, 0.1) is 0 Å². The van der Waals surface area contributed by atoms with Crippen LogP contribution in [0.4, 0.5) is 5.69 Å². The third kappa shape index (κ3) is 3.82. The monoisotopic (exact) mass is 411 g/mol. The normalized spacial score (nSPS) is 16.4. The van der Waals surface area contributed by atoms with Crippen LogP contribution >= 0.6 is 11.6 Å². The highest BCUT2D eigenvalue weighted by Gasteiger charge is 2.32. The van der Waals surface area contributed by atoms with Crippen LogP contribution in [0.3, 0.4) is 0 Å². The molecular formula is C21H18ClN3O4. The van der Waals surface area contributed by atoms with Gasteiger partial charge < -0.3 is 15.4 Å². The largest absolute Gasteiger partial charge is 0.480 e. The highest BCUT2D eigenvalue weighted by Crippen LogP contribution is 2.27. The van der Waals surface area contributed by atoms with E-state index in [1.165, 1.54) is 4.90 Å². The first-order chi connectivity index (χ1) is 13.9. The zero-order valence-electron chi connectivity index (χ0n) is 15.3. The SMILES string of the molecule is O=C(O)CN1C(=O)C(NC(=O)c2cc3cc(Cl)ccc3[nH]2)CCc2ccccc21. The molecule has 3 N–H and O–H groups in total. The molecule has 7 nitrogen and oxygen atoms in total. The molecule has 0 aliphatic carbocycles. The van der Waals surface area contributed by atoms with Crippen molar-refractivity contribution in [2.75, 3.05) is 11.4 Å². The number of aliphatic carboxylic acids is 1. The summed E-state index contributed by atoms with van der Waals surface area (Å²) in [6.45, 7) is -0.465. The van der Waals surface area contributed by atoms with Gasteiger partial charge >= 0.3 is 5.97 Å². The number of anilines is 1. The minimum atomic E-state index is -1.12. The number of para-hydroxylation sites is 1. The number of hydrogen-bond acceptors (Lipinski definition) is 3. The molecule has 148 valence electrons. The van der Waals surface area contributed by atoms with Crippen LogP contribution in [0.15, 0.2) is 48.5 Å². The Labute approximate surface area is 171 Å². The van der Waals surface area contributed by atoms with Crippen molar-refractivity contribution in [1.82, 2.24) is 10.3 Å². The molecule has 0 saturated carbocycles. The predicted molar refractivity (Wildman–Crippen MR) is 109 cm³/mol. The fourth-order valence-electron chi connectivity index (χ4n) is 3.61. The van der Waals surface area contributed by atoms with E-state index in [-0.39, 0.29) is 0 Å². The molecule has 1 atom stereocenters. The molecule has 2 amide bonds. The Morgan fingerprint density at radius 2 is 2.00 bits per heavy atom. The van der Waals surface area contributed by atoms with Crippen LogP contribution in [-0.2, 0) is 16.0 Å². The Morgan fingerprint density at radius 3 is 2.79 bits per heavy atom. The van der Waals surface area contributed by atoms with Gasteiger partial charge in [0.2, 0.25) is 5.91 Å². The maximum Gasteiger partial charge on any atom is 0.323 e. The fourth-order valence-corrected chi connectivity index (χ4v) is 3.79. The first-order valence-electron chi connectivity index (χ1n) is 9.12. The van der Waals surface area contributed by atoms with Crippen LogP contribution in [0.1, 0.15) is 22.5 Å². The number of carboxylic acids is 1. The number of benzene rings is 2. The van der Waals surface area contributed by atoms with Gasteiger partial charge in [-0.15, -0.1) is 0 Å². The molecule has 3 aromatic rings. The van der Waals surface area contributed by atoms with Crippen molar-refractivity contribution in [3.63, 3.8) is 0 Å². The molecule has 0 bridgehead atoms. The number of fused-ring (bicyclic) bond motifs is 2. The van der Waals surface area contributed by atoms with E-state index in [4.69, 9.17) is 11.6 Å². The molecule has 1 aromatic heterocycles. The van der Waals surface area contributed by atoms with Crippen molar-refractivity contribution in [2.24, 2.45) is 0 Å². The van der Waals surface area contributed by atoms with Gasteiger partial charge in [-0.25, -0.2) is 0 Å². The van der Waals surface area contributed by atoms with Crippen LogP contribution < -0.4 is 10.2 Å². The van der Waals surface area contributed by atoms with Gasteiger partial charge in [0.1, 0.15) is 18.3 Å². The average molecular weight is 412 g/mol. The third-order valence-electron chi connectivity index (χ3n) is 4.98. The van der Waals surface area contributed by atoms with Crippen LogP contribution in [0.25, 0.3) is 10.9 Å². The number of aromatic amines is 1. The molecule has 1 aliphatic rings. The molecule has 0 fully saturated rings. The fraction of sp³-hybridized carbons (Fsp3) is 0.190. The number of aryl methyl sites for hydroxylation is 1. The summed E-state index contributed by atoms with van der Waals surface area (Å²) in [5.41, 5.74) is 2.50. The number of amides is 2. The molecule has 2 aromatic carbocycles. The molecule has 1 aliphatic heterocycles. The van der Waals surface area contributed by atoms with E-state index in [0.717, 1.165) is 16.5 Å². The van der Waals surface area contributed by atoms with Gasteiger partial charge in [0.15, 0.2) is 0 Å². The van der Waals surface area contributed by atoms with Crippen molar-refractivity contribution in [1.29, 1.82) is 0 Å². The minimum Gasteiger partial charge on any atom is -0.480 e. The van der Waals surface area contributed by atoms with Crippen molar-refractivity contribution < 1.29 is 19.5 Å². The summed E-state index contributed by atoms with van der Waals surface area (Å²) in [6.07, 6.45) is 0.926. The maximum absolute atomic E-state index is 13.0. The van der Waals surface area contributed by atoms with E-state index in [2.05, 4.69) is 10.3 Å². The summed E-state index contributed by atoms with van der Waals surface area (Å²) in [5.74, 6) is -1.99. The van der Waals surface area contributed by atoms with Gasteiger partial charge in [-0.05, 0) is 48.7 Å². The molecule has 1 unspecified atom stereocenters. The molecule has 29 heavy (non-hydrogen) atoms. The number of hydrogen-bond donors (Lipinski definition) is 3. The molecule has 0 spiro atoms. The van der Waals surface area contributed by atoms with Crippen molar-refractivity contribution in [3.8, 4) is 0 Å². The van der Waals surface area contributed by atoms with E-state index in [1.807, 2.05) is 12.1 Å². The number of H-pyrrole nitrogens is 1. The van der Waals surface area contributed by atoms with Crippen LogP contribution in [-0.4, -0.2) is 40.5 Å². The molecule has 4 rings (SSSR count). The number of halogens is 1. The number of carboxylic acid groups (broad SMARTS) is 1. The Bertz CT molecular complexity index is 1120. The lowest BCUT2D eigenvalue weighted by Crippen LogP contribution is -2.49. The number of aromatic nitrogens is 1. The topological polar surface area (TPSA) is 102 Å². The van der Waals surface area contributed by atoms with Gasteiger partial charge in [-0.2, -0.15) is 0 Å². The molecule has 0 radical (unpaired) electrons. The number of nitrogens with one attached hydrogen (secondary N) is 2. The molecule has 8 heteroatoms. The van der Waals surface area contributed by atoms with Crippen molar-refractivity contribution >= 4 is 46.0 Å². The first kappa shape index (κ1) is 19.0. The average Bonchev–Trinajstić information content (AvgIpc) is 3.07. The van der Waals surface area contributed by atoms with Gasteiger partial charge in [-0.3, -0.25) is 19.3 Å². The molecule has 0 saturated heterocycles. The lowest BCUT2D eigenvalue weighted by atomic mass is 10.1. The molecular weight excluding hydrogens is 394 g/mol. The van der Waals surface area contributed by atoms with E-state index < -0.39 is 30.4 Å².